The second kappa shape index (κ2) is 6.35. The predicted octanol–water partition coefficient (Wildman–Crippen LogP) is 2.55. The average Bonchev–Trinajstić information content (AvgIpc) is 2.34. The van der Waals surface area contributed by atoms with E-state index in [4.69, 9.17) is 0 Å². The van der Waals surface area contributed by atoms with Crippen molar-refractivity contribution < 1.29 is 0 Å². The van der Waals surface area contributed by atoms with Crippen molar-refractivity contribution in [3.05, 3.63) is 35.9 Å². The van der Waals surface area contributed by atoms with Crippen molar-refractivity contribution in [1.29, 1.82) is 0 Å². The first-order chi connectivity index (χ1) is 8.65. The molecule has 0 bridgehead atoms. The summed E-state index contributed by atoms with van der Waals surface area (Å²) in [6.45, 7) is 10.4. The molecule has 2 rings (SSSR count). The van der Waals surface area contributed by atoms with Gasteiger partial charge in [0, 0.05) is 31.7 Å². The van der Waals surface area contributed by atoms with Crippen LogP contribution in [0.4, 0.5) is 0 Å². The van der Waals surface area contributed by atoms with Gasteiger partial charge < -0.3 is 5.32 Å². The van der Waals surface area contributed by atoms with Crippen LogP contribution in [-0.4, -0.2) is 36.6 Å². The maximum absolute atomic E-state index is 3.68. The van der Waals surface area contributed by atoms with Gasteiger partial charge in [-0.1, -0.05) is 44.2 Å². The summed E-state index contributed by atoms with van der Waals surface area (Å²) in [6, 6.07) is 12.1. The molecule has 18 heavy (non-hydrogen) atoms. The smallest absolute Gasteiger partial charge is 0.0236 e. The van der Waals surface area contributed by atoms with Gasteiger partial charge in [0.1, 0.15) is 0 Å². The molecule has 1 aromatic carbocycles. The zero-order chi connectivity index (χ0) is 13.0. The third-order valence-electron chi connectivity index (χ3n) is 3.70. The van der Waals surface area contributed by atoms with Gasteiger partial charge in [0.15, 0.2) is 0 Å². The minimum atomic E-state index is 0.599. The fourth-order valence-electron chi connectivity index (χ4n) is 2.75. The van der Waals surface area contributed by atoms with E-state index in [1.165, 1.54) is 18.7 Å². The number of rotatable bonds is 4. The number of nitrogens with one attached hydrogen (secondary N) is 1. The number of benzene rings is 1. The molecular formula is C16H26N2. The van der Waals surface area contributed by atoms with Gasteiger partial charge in [0.25, 0.3) is 0 Å². The van der Waals surface area contributed by atoms with Crippen LogP contribution in [0.2, 0.25) is 0 Å². The van der Waals surface area contributed by atoms with Gasteiger partial charge in [-0.2, -0.15) is 0 Å². The molecule has 1 N–H and O–H groups in total. The quantitative estimate of drug-likeness (QED) is 0.878. The Labute approximate surface area is 111 Å². The highest BCUT2D eigenvalue weighted by atomic mass is 15.2. The lowest BCUT2D eigenvalue weighted by Crippen LogP contribution is -2.56. The van der Waals surface area contributed by atoms with Gasteiger partial charge >= 0.3 is 0 Å². The molecule has 0 radical (unpaired) electrons. The fraction of sp³-hybridized carbons (Fsp3) is 0.625. The van der Waals surface area contributed by atoms with Gasteiger partial charge in [-0.15, -0.1) is 0 Å². The summed E-state index contributed by atoms with van der Waals surface area (Å²) >= 11 is 0. The second-order valence-corrected chi connectivity index (χ2v) is 5.99. The molecule has 1 aliphatic heterocycles. The van der Waals surface area contributed by atoms with Crippen LogP contribution in [-0.2, 0) is 6.42 Å². The van der Waals surface area contributed by atoms with Gasteiger partial charge in [0.05, 0.1) is 0 Å². The molecule has 1 fully saturated rings. The van der Waals surface area contributed by atoms with E-state index in [0.717, 1.165) is 18.9 Å². The molecule has 1 aliphatic rings. The summed E-state index contributed by atoms with van der Waals surface area (Å²) in [5, 5.41) is 3.68. The summed E-state index contributed by atoms with van der Waals surface area (Å²) < 4.78 is 0. The maximum Gasteiger partial charge on any atom is 0.0236 e. The lowest BCUT2D eigenvalue weighted by atomic mass is 10.0. The lowest BCUT2D eigenvalue weighted by Gasteiger charge is -2.39. The van der Waals surface area contributed by atoms with E-state index in [2.05, 4.69) is 61.3 Å². The van der Waals surface area contributed by atoms with E-state index in [9.17, 15) is 0 Å². The van der Waals surface area contributed by atoms with E-state index < -0.39 is 0 Å². The molecule has 1 aromatic rings. The van der Waals surface area contributed by atoms with Crippen molar-refractivity contribution in [2.24, 2.45) is 5.92 Å². The van der Waals surface area contributed by atoms with Crippen LogP contribution in [0.25, 0.3) is 0 Å². The Morgan fingerprint density at radius 2 is 2.00 bits per heavy atom. The minimum Gasteiger partial charge on any atom is -0.311 e. The molecule has 2 atom stereocenters. The largest absolute Gasteiger partial charge is 0.311 e. The molecule has 1 saturated heterocycles. The van der Waals surface area contributed by atoms with Crippen molar-refractivity contribution in [3.8, 4) is 0 Å². The van der Waals surface area contributed by atoms with E-state index >= 15 is 0 Å². The Kier molecular flexibility index (Phi) is 4.79. The highest BCUT2D eigenvalue weighted by Gasteiger charge is 2.25. The van der Waals surface area contributed by atoms with Crippen LogP contribution in [0.1, 0.15) is 26.3 Å². The monoisotopic (exact) mass is 246 g/mol. The molecule has 0 amide bonds. The third kappa shape index (κ3) is 3.82. The second-order valence-electron chi connectivity index (χ2n) is 5.99. The van der Waals surface area contributed by atoms with E-state index in [1.54, 1.807) is 0 Å². The normalized spacial score (nSPS) is 25.6. The topological polar surface area (TPSA) is 15.3 Å². The first kappa shape index (κ1) is 13.6. The van der Waals surface area contributed by atoms with Gasteiger partial charge in [-0.25, -0.2) is 0 Å². The highest BCUT2D eigenvalue weighted by Crippen LogP contribution is 2.13. The van der Waals surface area contributed by atoms with Gasteiger partial charge in [-0.3, -0.25) is 4.90 Å². The fourth-order valence-corrected chi connectivity index (χ4v) is 2.75. The third-order valence-corrected chi connectivity index (χ3v) is 3.70. The van der Waals surface area contributed by atoms with E-state index in [-0.39, 0.29) is 0 Å². The zero-order valence-corrected chi connectivity index (χ0v) is 11.9. The van der Waals surface area contributed by atoms with Crippen molar-refractivity contribution >= 4 is 0 Å². The van der Waals surface area contributed by atoms with Crippen LogP contribution in [0.15, 0.2) is 30.3 Å². The van der Waals surface area contributed by atoms with Crippen LogP contribution < -0.4 is 5.32 Å². The molecule has 2 nitrogen and oxygen atoms in total. The number of hydrogen-bond acceptors (Lipinski definition) is 2. The SMILES string of the molecule is CC(C)CN1CC(Cc2ccccc2)NCC1C. The molecular weight excluding hydrogens is 220 g/mol. The summed E-state index contributed by atoms with van der Waals surface area (Å²) in [6.07, 6.45) is 1.14. The predicted molar refractivity (Wildman–Crippen MR) is 77.8 cm³/mol. The molecule has 0 aromatic heterocycles. The Morgan fingerprint density at radius 1 is 1.28 bits per heavy atom. The molecule has 100 valence electrons. The summed E-state index contributed by atoms with van der Waals surface area (Å²) in [5.74, 6) is 0.753. The molecule has 2 heteroatoms. The average molecular weight is 246 g/mol. The summed E-state index contributed by atoms with van der Waals surface area (Å²) in [5.41, 5.74) is 1.44. The molecule has 0 aliphatic carbocycles. The lowest BCUT2D eigenvalue weighted by molar-refractivity contribution is 0.126. The molecule has 0 saturated carbocycles. The van der Waals surface area contributed by atoms with E-state index in [1.807, 2.05) is 0 Å². The van der Waals surface area contributed by atoms with Gasteiger partial charge in [-0.05, 0) is 24.8 Å². The molecule has 0 spiro atoms. The van der Waals surface area contributed by atoms with Crippen LogP contribution >= 0.6 is 0 Å². The molecule has 2 unspecified atom stereocenters. The van der Waals surface area contributed by atoms with Crippen molar-refractivity contribution in [2.75, 3.05) is 19.6 Å². The van der Waals surface area contributed by atoms with Crippen LogP contribution in [0.3, 0.4) is 0 Å². The van der Waals surface area contributed by atoms with Crippen LogP contribution in [0.5, 0.6) is 0 Å². The number of nitrogens with zero attached hydrogens (tertiary/aromatic N) is 1. The zero-order valence-electron chi connectivity index (χ0n) is 11.9. The Hall–Kier alpha value is -0.860. The van der Waals surface area contributed by atoms with Gasteiger partial charge in [0.2, 0.25) is 0 Å². The summed E-state index contributed by atoms with van der Waals surface area (Å²) in [4.78, 5) is 2.63. The van der Waals surface area contributed by atoms with E-state index in [0.29, 0.717) is 12.1 Å². The van der Waals surface area contributed by atoms with Crippen LogP contribution in [0, 0.1) is 5.92 Å². The Bertz CT molecular complexity index is 347. The summed E-state index contributed by atoms with van der Waals surface area (Å²) in [7, 11) is 0. The standard InChI is InChI=1S/C16H26N2/c1-13(2)11-18-12-16(17-10-14(18)3)9-15-7-5-4-6-8-15/h4-8,13-14,16-17H,9-12H2,1-3H3. The number of hydrogen-bond donors (Lipinski definition) is 1. The highest BCUT2D eigenvalue weighted by molar-refractivity contribution is 5.16. The van der Waals surface area contributed by atoms with Crippen molar-refractivity contribution in [2.45, 2.75) is 39.3 Å². The van der Waals surface area contributed by atoms with Crippen molar-refractivity contribution in [3.63, 3.8) is 0 Å². The minimum absolute atomic E-state index is 0.599. The van der Waals surface area contributed by atoms with Crippen molar-refractivity contribution in [1.82, 2.24) is 10.2 Å². The molecule has 1 heterocycles. The maximum atomic E-state index is 3.68. The Morgan fingerprint density at radius 3 is 2.67 bits per heavy atom. The Balaban J connectivity index is 1.91. The first-order valence-corrected chi connectivity index (χ1v) is 7.16. The first-order valence-electron chi connectivity index (χ1n) is 7.16. The number of piperazine rings is 1.